The molecule has 1 saturated heterocycles. The van der Waals surface area contributed by atoms with Crippen molar-refractivity contribution < 1.29 is 4.79 Å². The van der Waals surface area contributed by atoms with Gasteiger partial charge in [-0.1, -0.05) is 6.92 Å². The Morgan fingerprint density at radius 3 is 2.58 bits per heavy atom. The second-order valence-corrected chi connectivity index (χ2v) is 5.92. The molecule has 2 aliphatic rings. The van der Waals surface area contributed by atoms with Gasteiger partial charge in [-0.2, -0.15) is 0 Å². The first-order valence-electron chi connectivity index (χ1n) is 7.31. The Bertz CT molecular complexity index is 506. The maximum Gasteiger partial charge on any atom is 0.225 e. The van der Waals surface area contributed by atoms with E-state index in [-0.39, 0.29) is 5.78 Å². The number of aryl methyl sites for hydroxylation is 1. The molecule has 1 aromatic heterocycles. The van der Waals surface area contributed by atoms with Crippen LogP contribution < -0.4 is 4.90 Å². The van der Waals surface area contributed by atoms with Gasteiger partial charge in [0.2, 0.25) is 5.95 Å². The fraction of sp³-hybridized carbons (Fsp3) is 0.667. The minimum Gasteiger partial charge on any atom is -0.341 e. The number of ketones is 1. The Hall–Kier alpha value is -1.45. The van der Waals surface area contributed by atoms with Crippen molar-refractivity contribution in [3.8, 4) is 0 Å². The number of carbonyl (C=O) groups is 1. The Kier molecular flexibility index (Phi) is 3.25. The fourth-order valence-electron chi connectivity index (χ4n) is 3.18. The van der Waals surface area contributed by atoms with E-state index in [1.165, 1.54) is 19.3 Å². The van der Waals surface area contributed by atoms with E-state index in [2.05, 4.69) is 16.8 Å². The predicted octanol–water partition coefficient (Wildman–Crippen LogP) is 2.54. The number of anilines is 1. The lowest BCUT2D eigenvalue weighted by atomic mass is 9.86. The molecule has 102 valence electrons. The number of Topliss-reactive ketones (excluding diaryl/α,β-unsaturated/α-hetero) is 1. The van der Waals surface area contributed by atoms with Crippen LogP contribution in [0.15, 0.2) is 0 Å². The highest BCUT2D eigenvalue weighted by atomic mass is 16.1. The van der Waals surface area contributed by atoms with E-state index in [1.807, 2.05) is 6.92 Å². The molecule has 1 fully saturated rings. The van der Waals surface area contributed by atoms with E-state index < -0.39 is 0 Å². The third-order valence-corrected chi connectivity index (χ3v) is 4.15. The lowest BCUT2D eigenvalue weighted by Crippen LogP contribution is -2.32. The zero-order chi connectivity index (χ0) is 13.4. The van der Waals surface area contributed by atoms with Crippen LogP contribution in [0.25, 0.3) is 0 Å². The molecule has 1 aromatic rings. The second kappa shape index (κ2) is 4.91. The summed E-state index contributed by atoms with van der Waals surface area (Å²) in [4.78, 5) is 23.6. The third-order valence-electron chi connectivity index (χ3n) is 4.15. The molecule has 0 N–H and O–H groups in total. The van der Waals surface area contributed by atoms with Crippen LogP contribution in [-0.2, 0) is 6.42 Å². The number of hydrogen-bond acceptors (Lipinski definition) is 4. The molecule has 0 radical (unpaired) electrons. The number of carbonyl (C=O) groups excluding carboxylic acids is 1. The minimum atomic E-state index is 0.219. The topological polar surface area (TPSA) is 46.1 Å². The Balaban J connectivity index is 1.98. The van der Waals surface area contributed by atoms with Gasteiger partial charge in [-0.15, -0.1) is 0 Å². The summed E-state index contributed by atoms with van der Waals surface area (Å²) in [6.07, 6.45) is 5.28. The van der Waals surface area contributed by atoms with Gasteiger partial charge in [-0.05, 0) is 38.5 Å². The molecular formula is C15H21N3O. The second-order valence-electron chi connectivity index (χ2n) is 5.92. The summed E-state index contributed by atoms with van der Waals surface area (Å²) < 4.78 is 0. The quantitative estimate of drug-likeness (QED) is 0.777. The maximum atomic E-state index is 12.1. The Labute approximate surface area is 114 Å². The van der Waals surface area contributed by atoms with Gasteiger partial charge in [0.1, 0.15) is 0 Å². The molecule has 19 heavy (non-hydrogen) atoms. The molecule has 0 aromatic carbocycles. The first-order valence-corrected chi connectivity index (χ1v) is 7.31. The van der Waals surface area contributed by atoms with Gasteiger partial charge in [0.05, 0.1) is 17.0 Å². The molecule has 0 bridgehead atoms. The van der Waals surface area contributed by atoms with Crippen LogP contribution >= 0.6 is 0 Å². The minimum absolute atomic E-state index is 0.219. The van der Waals surface area contributed by atoms with Gasteiger partial charge in [-0.3, -0.25) is 4.79 Å². The number of fused-ring (bicyclic) bond motifs is 1. The molecule has 1 aliphatic heterocycles. The normalized spacial score (nSPS) is 23.4. The van der Waals surface area contributed by atoms with Crippen LogP contribution in [0.1, 0.15) is 54.4 Å². The number of aromatic nitrogens is 2. The number of hydrogen-bond donors (Lipinski definition) is 0. The van der Waals surface area contributed by atoms with Crippen molar-refractivity contribution in [1.82, 2.24) is 9.97 Å². The van der Waals surface area contributed by atoms with Crippen LogP contribution in [0.2, 0.25) is 0 Å². The van der Waals surface area contributed by atoms with Gasteiger partial charge in [-0.25, -0.2) is 9.97 Å². The summed E-state index contributed by atoms with van der Waals surface area (Å²) in [6.45, 7) is 6.16. The highest BCUT2D eigenvalue weighted by Crippen LogP contribution is 2.28. The highest BCUT2D eigenvalue weighted by molar-refractivity contribution is 5.99. The SMILES string of the molecule is Cc1nc(N2CCCCC2)nc2c1C(=O)C[C@@H](C)C2. The number of piperidine rings is 1. The molecule has 3 rings (SSSR count). The molecule has 0 unspecified atom stereocenters. The first-order chi connectivity index (χ1) is 9.15. The summed E-state index contributed by atoms with van der Waals surface area (Å²) in [7, 11) is 0. The van der Waals surface area contributed by atoms with Crippen molar-refractivity contribution in [2.75, 3.05) is 18.0 Å². The number of nitrogens with zero attached hydrogens (tertiary/aromatic N) is 3. The zero-order valence-electron chi connectivity index (χ0n) is 11.8. The smallest absolute Gasteiger partial charge is 0.225 e. The standard InChI is InChI=1S/C15H21N3O/c1-10-8-12-14(13(19)9-10)11(2)16-15(17-12)18-6-4-3-5-7-18/h10H,3-9H2,1-2H3/t10-/m0/s1. The summed E-state index contributed by atoms with van der Waals surface area (Å²) >= 11 is 0. The van der Waals surface area contributed by atoms with Crippen molar-refractivity contribution in [2.45, 2.75) is 46.0 Å². The van der Waals surface area contributed by atoms with Crippen molar-refractivity contribution in [2.24, 2.45) is 5.92 Å². The lowest BCUT2D eigenvalue weighted by Gasteiger charge is -2.29. The van der Waals surface area contributed by atoms with Crippen molar-refractivity contribution in [1.29, 1.82) is 0 Å². The van der Waals surface area contributed by atoms with Crippen molar-refractivity contribution in [3.63, 3.8) is 0 Å². The monoisotopic (exact) mass is 259 g/mol. The third kappa shape index (κ3) is 2.36. The zero-order valence-corrected chi connectivity index (χ0v) is 11.8. The van der Waals surface area contributed by atoms with Crippen LogP contribution in [0.4, 0.5) is 5.95 Å². The average Bonchev–Trinajstić information content (AvgIpc) is 2.38. The van der Waals surface area contributed by atoms with E-state index in [1.54, 1.807) is 0 Å². The van der Waals surface area contributed by atoms with Crippen LogP contribution in [0.5, 0.6) is 0 Å². The van der Waals surface area contributed by atoms with E-state index in [0.717, 1.165) is 42.4 Å². The summed E-state index contributed by atoms with van der Waals surface area (Å²) in [5.41, 5.74) is 2.62. The summed E-state index contributed by atoms with van der Waals surface area (Å²) in [6, 6.07) is 0. The van der Waals surface area contributed by atoms with Gasteiger partial charge < -0.3 is 4.90 Å². The molecule has 0 saturated carbocycles. The van der Waals surface area contributed by atoms with Crippen molar-refractivity contribution in [3.05, 3.63) is 17.0 Å². The largest absolute Gasteiger partial charge is 0.341 e. The molecule has 1 atom stereocenters. The molecule has 1 aliphatic carbocycles. The van der Waals surface area contributed by atoms with Gasteiger partial charge in [0.15, 0.2) is 5.78 Å². The Morgan fingerprint density at radius 2 is 1.84 bits per heavy atom. The first kappa shape index (κ1) is 12.6. The molecule has 0 amide bonds. The van der Waals surface area contributed by atoms with Crippen LogP contribution in [0, 0.1) is 12.8 Å². The predicted molar refractivity (Wildman–Crippen MR) is 74.6 cm³/mol. The highest BCUT2D eigenvalue weighted by Gasteiger charge is 2.27. The van der Waals surface area contributed by atoms with Crippen LogP contribution in [-0.4, -0.2) is 28.8 Å². The molecule has 0 spiro atoms. The summed E-state index contributed by atoms with van der Waals surface area (Å²) in [5, 5.41) is 0. The lowest BCUT2D eigenvalue weighted by molar-refractivity contribution is 0.0951. The molecule has 2 heterocycles. The Morgan fingerprint density at radius 1 is 1.11 bits per heavy atom. The van der Waals surface area contributed by atoms with Crippen molar-refractivity contribution >= 4 is 11.7 Å². The summed E-state index contributed by atoms with van der Waals surface area (Å²) in [5.74, 6) is 1.46. The van der Waals surface area contributed by atoms with E-state index in [4.69, 9.17) is 4.98 Å². The van der Waals surface area contributed by atoms with Crippen LogP contribution in [0.3, 0.4) is 0 Å². The maximum absolute atomic E-state index is 12.1. The molecule has 4 heteroatoms. The molecular weight excluding hydrogens is 238 g/mol. The molecule has 4 nitrogen and oxygen atoms in total. The van der Waals surface area contributed by atoms with Gasteiger partial charge in [0, 0.05) is 19.5 Å². The fourth-order valence-corrected chi connectivity index (χ4v) is 3.18. The van der Waals surface area contributed by atoms with E-state index >= 15 is 0 Å². The van der Waals surface area contributed by atoms with Gasteiger partial charge in [0.25, 0.3) is 0 Å². The van der Waals surface area contributed by atoms with E-state index in [0.29, 0.717) is 12.3 Å². The van der Waals surface area contributed by atoms with Gasteiger partial charge >= 0.3 is 0 Å². The van der Waals surface area contributed by atoms with E-state index in [9.17, 15) is 4.79 Å². The average molecular weight is 259 g/mol. The number of rotatable bonds is 1.